The molecule has 1 rings (SSSR count). The van der Waals surface area contributed by atoms with E-state index in [1.54, 1.807) is 0 Å². The van der Waals surface area contributed by atoms with Gasteiger partial charge in [-0.25, -0.2) is 0 Å². The van der Waals surface area contributed by atoms with Crippen molar-refractivity contribution in [2.45, 2.75) is 32.6 Å². The van der Waals surface area contributed by atoms with E-state index in [1.807, 2.05) is 0 Å². The summed E-state index contributed by atoms with van der Waals surface area (Å²) < 4.78 is 0. The molecule has 0 aliphatic carbocycles. The number of unbranched alkanes of at least 4 members (excludes halogenated alkanes) is 3. The van der Waals surface area contributed by atoms with Crippen LogP contribution in [-0.2, 0) is 0 Å². The molecule has 0 radical (unpaired) electrons. The Bertz CT molecular complexity index is 148. The molecule has 2 nitrogen and oxygen atoms in total. The summed E-state index contributed by atoms with van der Waals surface area (Å²) >= 11 is 0. The smallest absolute Gasteiger partial charge is 0.0890 e. The maximum atomic E-state index is 2.37. The average molecular weight is 182 g/mol. The van der Waals surface area contributed by atoms with E-state index in [2.05, 4.69) is 36.2 Å². The first-order valence-electron chi connectivity index (χ1n) is 4.95. The molecular formula is C10H23BN2. The SMILES string of the molecule is B.CCCCCCN1C=CN(C)C1. The minimum absolute atomic E-state index is 0. The van der Waals surface area contributed by atoms with Crippen molar-refractivity contribution in [3.63, 3.8) is 0 Å². The molecule has 0 aromatic heterocycles. The molecule has 1 heterocycles. The van der Waals surface area contributed by atoms with Crippen LogP contribution in [0.15, 0.2) is 12.4 Å². The summed E-state index contributed by atoms with van der Waals surface area (Å²) in [5, 5.41) is 0. The number of nitrogens with zero attached hydrogens (tertiary/aromatic N) is 2. The molecule has 0 unspecified atom stereocenters. The minimum atomic E-state index is 0. The van der Waals surface area contributed by atoms with Gasteiger partial charge in [0.25, 0.3) is 0 Å². The summed E-state index contributed by atoms with van der Waals surface area (Å²) in [6, 6.07) is 0. The van der Waals surface area contributed by atoms with Gasteiger partial charge >= 0.3 is 0 Å². The standard InChI is InChI=1S/C10H20N2.BH3/c1-3-4-5-6-7-12-9-8-11(2)10-12;/h8-9H,3-7,10H2,1-2H3;1H3. The van der Waals surface area contributed by atoms with Gasteiger partial charge in [0.1, 0.15) is 0 Å². The predicted molar refractivity (Wildman–Crippen MR) is 62.6 cm³/mol. The molecule has 0 amide bonds. The highest BCUT2D eigenvalue weighted by atomic mass is 15.3. The van der Waals surface area contributed by atoms with Gasteiger partial charge in [-0.1, -0.05) is 26.2 Å². The van der Waals surface area contributed by atoms with E-state index < -0.39 is 0 Å². The summed E-state index contributed by atoms with van der Waals surface area (Å²) in [5.41, 5.74) is 0. The fraction of sp³-hybridized carbons (Fsp3) is 0.800. The van der Waals surface area contributed by atoms with Crippen LogP contribution in [0, 0.1) is 0 Å². The van der Waals surface area contributed by atoms with Crippen molar-refractivity contribution < 1.29 is 0 Å². The summed E-state index contributed by atoms with van der Waals surface area (Å²) in [6.07, 6.45) is 9.76. The quantitative estimate of drug-likeness (QED) is 0.463. The lowest BCUT2D eigenvalue weighted by molar-refractivity contribution is 0.291. The Morgan fingerprint density at radius 2 is 1.92 bits per heavy atom. The maximum Gasteiger partial charge on any atom is 0.0890 e. The van der Waals surface area contributed by atoms with Crippen molar-refractivity contribution in [2.75, 3.05) is 20.3 Å². The third-order valence-electron chi connectivity index (χ3n) is 2.24. The molecule has 0 fully saturated rings. The monoisotopic (exact) mass is 182 g/mol. The van der Waals surface area contributed by atoms with Crippen LogP contribution in [0.2, 0.25) is 0 Å². The highest BCUT2D eigenvalue weighted by molar-refractivity contribution is 5.75. The van der Waals surface area contributed by atoms with Crippen LogP contribution < -0.4 is 0 Å². The van der Waals surface area contributed by atoms with Gasteiger partial charge < -0.3 is 9.80 Å². The zero-order chi connectivity index (χ0) is 8.81. The molecule has 13 heavy (non-hydrogen) atoms. The van der Waals surface area contributed by atoms with E-state index in [1.165, 1.54) is 32.2 Å². The van der Waals surface area contributed by atoms with E-state index >= 15 is 0 Å². The molecule has 0 saturated heterocycles. The Hall–Kier alpha value is -0.595. The van der Waals surface area contributed by atoms with Gasteiger partial charge in [-0.3, -0.25) is 0 Å². The third kappa shape index (κ3) is 4.86. The molecule has 3 heteroatoms. The van der Waals surface area contributed by atoms with Crippen molar-refractivity contribution in [3.8, 4) is 0 Å². The first-order valence-corrected chi connectivity index (χ1v) is 4.95. The molecule has 1 aliphatic heterocycles. The molecule has 76 valence electrons. The van der Waals surface area contributed by atoms with Gasteiger partial charge in [0.05, 0.1) is 15.1 Å². The molecular weight excluding hydrogens is 159 g/mol. The van der Waals surface area contributed by atoms with E-state index in [-0.39, 0.29) is 8.41 Å². The minimum Gasteiger partial charge on any atom is -0.362 e. The summed E-state index contributed by atoms with van der Waals surface area (Å²) in [6.45, 7) is 4.55. The van der Waals surface area contributed by atoms with Crippen LogP contribution in [-0.4, -0.2) is 38.5 Å². The van der Waals surface area contributed by atoms with Crippen LogP contribution >= 0.6 is 0 Å². The molecule has 0 aromatic rings. The zero-order valence-corrected chi connectivity index (χ0v) is 8.29. The lowest BCUT2D eigenvalue weighted by Crippen LogP contribution is -2.23. The largest absolute Gasteiger partial charge is 0.362 e. The van der Waals surface area contributed by atoms with E-state index in [0.717, 1.165) is 6.67 Å². The van der Waals surface area contributed by atoms with Gasteiger partial charge in [-0.15, -0.1) is 0 Å². The van der Waals surface area contributed by atoms with Crippen LogP contribution in [0.3, 0.4) is 0 Å². The average Bonchev–Trinajstić information content (AvgIpc) is 2.45. The van der Waals surface area contributed by atoms with Crippen LogP contribution in [0.1, 0.15) is 32.6 Å². The second kappa shape index (κ2) is 6.87. The predicted octanol–water partition coefficient (Wildman–Crippen LogP) is 1.06. The molecule has 1 aliphatic rings. The fourth-order valence-corrected chi connectivity index (χ4v) is 1.48. The number of hydrogen-bond donors (Lipinski definition) is 0. The molecule has 0 saturated carbocycles. The topological polar surface area (TPSA) is 6.48 Å². The van der Waals surface area contributed by atoms with Crippen molar-refractivity contribution in [1.82, 2.24) is 9.80 Å². The second-order valence-corrected chi connectivity index (χ2v) is 3.57. The van der Waals surface area contributed by atoms with Gasteiger partial charge in [-0.05, 0) is 6.42 Å². The van der Waals surface area contributed by atoms with Crippen LogP contribution in [0.4, 0.5) is 0 Å². The Kier molecular flexibility index (Phi) is 6.56. The lowest BCUT2D eigenvalue weighted by Gasteiger charge is -2.17. The molecule has 0 N–H and O–H groups in total. The van der Waals surface area contributed by atoms with Crippen molar-refractivity contribution in [2.24, 2.45) is 0 Å². The van der Waals surface area contributed by atoms with Gasteiger partial charge in [0.15, 0.2) is 0 Å². The van der Waals surface area contributed by atoms with Crippen LogP contribution in [0.5, 0.6) is 0 Å². The first-order chi connectivity index (χ1) is 5.83. The Morgan fingerprint density at radius 3 is 2.46 bits per heavy atom. The Labute approximate surface area is 84.2 Å². The van der Waals surface area contributed by atoms with Crippen molar-refractivity contribution in [1.29, 1.82) is 0 Å². The third-order valence-corrected chi connectivity index (χ3v) is 2.24. The highest BCUT2D eigenvalue weighted by Gasteiger charge is 2.06. The number of rotatable bonds is 5. The summed E-state index contributed by atoms with van der Waals surface area (Å²) in [7, 11) is 2.11. The Balaban J connectivity index is 0.00000144. The lowest BCUT2D eigenvalue weighted by atomic mass is 10.2. The van der Waals surface area contributed by atoms with E-state index in [9.17, 15) is 0 Å². The normalized spacial score (nSPS) is 14.9. The molecule has 0 bridgehead atoms. The second-order valence-electron chi connectivity index (χ2n) is 3.57. The zero-order valence-electron chi connectivity index (χ0n) is 8.29. The van der Waals surface area contributed by atoms with Gasteiger partial charge in [-0.2, -0.15) is 0 Å². The maximum absolute atomic E-state index is 2.37. The molecule has 0 atom stereocenters. The molecule has 0 spiro atoms. The summed E-state index contributed by atoms with van der Waals surface area (Å²) in [5.74, 6) is 0. The number of hydrogen-bond acceptors (Lipinski definition) is 2. The van der Waals surface area contributed by atoms with Crippen LogP contribution in [0.25, 0.3) is 0 Å². The van der Waals surface area contributed by atoms with Crippen molar-refractivity contribution >= 4 is 8.41 Å². The highest BCUT2D eigenvalue weighted by Crippen LogP contribution is 2.06. The summed E-state index contributed by atoms with van der Waals surface area (Å²) in [4.78, 5) is 4.58. The Morgan fingerprint density at radius 1 is 1.15 bits per heavy atom. The van der Waals surface area contributed by atoms with Gasteiger partial charge in [0.2, 0.25) is 0 Å². The first kappa shape index (κ1) is 12.4. The fourth-order valence-electron chi connectivity index (χ4n) is 1.48. The molecule has 0 aromatic carbocycles. The van der Waals surface area contributed by atoms with Gasteiger partial charge in [0, 0.05) is 26.0 Å². The van der Waals surface area contributed by atoms with E-state index in [0.29, 0.717) is 0 Å². The van der Waals surface area contributed by atoms with E-state index in [4.69, 9.17) is 0 Å². The van der Waals surface area contributed by atoms with Crippen molar-refractivity contribution in [3.05, 3.63) is 12.4 Å².